The summed E-state index contributed by atoms with van der Waals surface area (Å²) < 4.78 is 51.9. The van der Waals surface area contributed by atoms with Crippen LogP contribution in [0.2, 0.25) is 0 Å². The fourth-order valence-corrected chi connectivity index (χ4v) is 2.98. The van der Waals surface area contributed by atoms with E-state index < -0.39 is 18.6 Å². The third kappa shape index (κ3) is 5.61. The molecule has 0 N–H and O–H groups in total. The molecule has 1 aromatic rings. The van der Waals surface area contributed by atoms with Crippen molar-refractivity contribution in [3.63, 3.8) is 0 Å². The lowest BCUT2D eigenvalue weighted by atomic mass is 10.2. The summed E-state index contributed by atoms with van der Waals surface area (Å²) in [6, 6.07) is 4.72. The van der Waals surface area contributed by atoms with Crippen LogP contribution in [0.5, 0.6) is 5.75 Å². The Kier molecular flexibility index (Phi) is 6.34. The summed E-state index contributed by atoms with van der Waals surface area (Å²) in [6.45, 7) is -1.13. The molecule has 0 bridgehead atoms. The normalized spacial score (nSPS) is 12.5. The van der Waals surface area contributed by atoms with Crippen molar-refractivity contribution in [2.24, 2.45) is 0 Å². The van der Waals surface area contributed by atoms with Crippen LogP contribution < -0.4 is 4.52 Å². The van der Waals surface area contributed by atoms with Crippen LogP contribution in [0.25, 0.3) is 0 Å². The maximum Gasteiger partial charge on any atom is 0.398 e. The van der Waals surface area contributed by atoms with Crippen molar-refractivity contribution in [1.82, 2.24) is 0 Å². The second kappa shape index (κ2) is 7.13. The van der Waals surface area contributed by atoms with Gasteiger partial charge < -0.3 is 13.6 Å². The van der Waals surface area contributed by atoms with Gasteiger partial charge in [0.25, 0.3) is 0 Å². The van der Waals surface area contributed by atoms with Crippen molar-refractivity contribution in [1.29, 1.82) is 0 Å². The van der Waals surface area contributed by atoms with E-state index in [1.165, 1.54) is 14.2 Å². The fourth-order valence-electron chi connectivity index (χ4n) is 1.28. The van der Waals surface area contributed by atoms with Gasteiger partial charge in [-0.2, -0.15) is 13.2 Å². The van der Waals surface area contributed by atoms with E-state index in [4.69, 9.17) is 25.4 Å². The Labute approximate surface area is 125 Å². The van der Waals surface area contributed by atoms with E-state index in [0.29, 0.717) is 16.2 Å². The second-order valence-corrected chi connectivity index (χ2v) is 7.90. The fraction of sp³-hybridized carbons (Fsp3) is 0.455. The summed E-state index contributed by atoms with van der Waals surface area (Å²) in [7, 11) is 2.76. The molecule has 114 valence electrons. The lowest BCUT2D eigenvalue weighted by Gasteiger charge is -2.19. The Balaban J connectivity index is 2.80. The lowest BCUT2D eigenvalue weighted by Crippen LogP contribution is -2.10. The average Bonchev–Trinajstić information content (AvgIpc) is 2.36. The first-order valence-electron chi connectivity index (χ1n) is 5.40. The summed E-state index contributed by atoms with van der Waals surface area (Å²) in [5.74, 6) is -0.520. The highest BCUT2D eigenvalue weighted by atomic mass is 32.5. The molecule has 0 atom stereocenters. The maximum absolute atomic E-state index is 12.2. The van der Waals surface area contributed by atoms with Gasteiger partial charge in [0.15, 0.2) is 0 Å². The van der Waals surface area contributed by atoms with Crippen molar-refractivity contribution < 1.29 is 26.7 Å². The summed E-state index contributed by atoms with van der Waals surface area (Å²) in [5.41, 5.74) is 0.672. The van der Waals surface area contributed by atoms with Gasteiger partial charge in [0, 0.05) is 30.9 Å². The van der Waals surface area contributed by atoms with Gasteiger partial charge in [-0.15, -0.1) is 11.8 Å². The smallest absolute Gasteiger partial charge is 0.398 e. The van der Waals surface area contributed by atoms with Crippen LogP contribution in [0.15, 0.2) is 23.1 Å². The molecule has 0 fully saturated rings. The molecule has 0 aliphatic rings. The zero-order chi connectivity index (χ0) is 15.4. The number of hydrogen-bond acceptors (Lipinski definition) is 5. The van der Waals surface area contributed by atoms with Crippen LogP contribution >= 0.6 is 18.5 Å². The molecule has 9 heteroatoms. The number of rotatable bonds is 6. The van der Waals surface area contributed by atoms with Gasteiger partial charge in [0.2, 0.25) is 0 Å². The van der Waals surface area contributed by atoms with E-state index in [9.17, 15) is 13.2 Å². The molecule has 0 amide bonds. The van der Waals surface area contributed by atoms with Gasteiger partial charge in [0.1, 0.15) is 5.75 Å². The number of hydrogen-bond donors (Lipinski definition) is 0. The first-order valence-corrected chi connectivity index (χ1v) is 8.94. The predicted octanol–water partition coefficient (Wildman–Crippen LogP) is 4.55. The third-order valence-electron chi connectivity index (χ3n) is 2.20. The molecule has 0 saturated heterocycles. The molecule has 0 aliphatic carbocycles. The molecule has 20 heavy (non-hydrogen) atoms. The standard InChI is InChI=1S/C11H14F3O3PS2/c1-8-6-9(17-18(19,15-2)16-3)4-5-10(8)20-7-11(12,13)14/h4-6H,7H2,1-3H3. The van der Waals surface area contributed by atoms with Gasteiger partial charge in [-0.1, -0.05) is 0 Å². The van der Waals surface area contributed by atoms with Crippen LogP contribution in [0.3, 0.4) is 0 Å². The quantitative estimate of drug-likeness (QED) is 0.557. The van der Waals surface area contributed by atoms with Gasteiger partial charge in [-0.3, -0.25) is 0 Å². The predicted molar refractivity (Wildman–Crippen MR) is 76.9 cm³/mol. The largest absolute Gasteiger partial charge is 0.424 e. The second-order valence-electron chi connectivity index (χ2n) is 3.73. The third-order valence-corrected chi connectivity index (χ3v) is 5.89. The summed E-state index contributed by atoms with van der Waals surface area (Å²) in [5, 5.41) is 0. The Hall–Kier alpha value is -0.270. The van der Waals surface area contributed by atoms with Crippen molar-refractivity contribution >= 4 is 30.3 Å². The van der Waals surface area contributed by atoms with Crippen LogP contribution in [0.4, 0.5) is 13.2 Å². The van der Waals surface area contributed by atoms with Crippen LogP contribution in [-0.4, -0.2) is 26.1 Å². The molecule has 1 rings (SSSR count). The van der Waals surface area contributed by atoms with Gasteiger partial charge >= 0.3 is 12.9 Å². The Morgan fingerprint density at radius 1 is 1.25 bits per heavy atom. The molecule has 0 unspecified atom stereocenters. The van der Waals surface area contributed by atoms with Gasteiger partial charge in [0.05, 0.1) is 5.75 Å². The van der Waals surface area contributed by atoms with Crippen molar-refractivity contribution in [2.45, 2.75) is 18.0 Å². The molecule has 1 aromatic carbocycles. The van der Waals surface area contributed by atoms with E-state index in [-0.39, 0.29) is 0 Å². The Morgan fingerprint density at radius 2 is 1.85 bits per heavy atom. The number of thioether (sulfide) groups is 1. The maximum atomic E-state index is 12.2. The summed E-state index contributed by atoms with van der Waals surface area (Å²) in [6.07, 6.45) is -4.19. The molecule has 0 saturated carbocycles. The molecule has 0 aliphatic heterocycles. The average molecular weight is 346 g/mol. The molecule has 3 nitrogen and oxygen atoms in total. The highest BCUT2D eigenvalue weighted by molar-refractivity contribution is 8.07. The zero-order valence-corrected chi connectivity index (χ0v) is 13.6. The van der Waals surface area contributed by atoms with E-state index in [1.54, 1.807) is 25.1 Å². The van der Waals surface area contributed by atoms with E-state index in [2.05, 4.69) is 0 Å². The molecule has 0 spiro atoms. The summed E-state index contributed by atoms with van der Waals surface area (Å²) in [4.78, 5) is 0.540. The molecular formula is C11H14F3O3PS2. The van der Waals surface area contributed by atoms with Crippen LogP contribution in [-0.2, 0) is 20.9 Å². The Bertz CT molecular complexity index is 500. The topological polar surface area (TPSA) is 27.7 Å². The minimum absolute atomic E-state index is 0.408. The highest BCUT2D eigenvalue weighted by Crippen LogP contribution is 2.48. The molecule has 0 radical (unpaired) electrons. The number of halogens is 3. The van der Waals surface area contributed by atoms with E-state index in [1.807, 2.05) is 0 Å². The van der Waals surface area contributed by atoms with E-state index in [0.717, 1.165) is 11.8 Å². The molecule has 0 heterocycles. The number of benzene rings is 1. The number of alkyl halides is 3. The minimum Gasteiger partial charge on any atom is -0.424 e. The van der Waals surface area contributed by atoms with Gasteiger partial charge in [-0.05, 0) is 30.7 Å². The minimum atomic E-state index is -4.19. The lowest BCUT2D eigenvalue weighted by molar-refractivity contribution is -0.105. The van der Waals surface area contributed by atoms with Crippen molar-refractivity contribution in [2.75, 3.05) is 20.0 Å². The highest BCUT2D eigenvalue weighted by Gasteiger charge is 2.27. The van der Waals surface area contributed by atoms with Crippen molar-refractivity contribution in [3.05, 3.63) is 23.8 Å². The monoisotopic (exact) mass is 346 g/mol. The SMILES string of the molecule is COP(=S)(OC)Oc1ccc(SCC(F)(F)F)c(C)c1. The first-order chi connectivity index (χ1) is 9.19. The van der Waals surface area contributed by atoms with Gasteiger partial charge in [-0.25, -0.2) is 0 Å². The van der Waals surface area contributed by atoms with Crippen LogP contribution in [0, 0.1) is 6.92 Å². The zero-order valence-electron chi connectivity index (χ0n) is 11.1. The number of aryl methyl sites for hydroxylation is 1. The van der Waals surface area contributed by atoms with Crippen molar-refractivity contribution in [3.8, 4) is 5.75 Å². The molecule has 0 aromatic heterocycles. The Morgan fingerprint density at radius 3 is 2.30 bits per heavy atom. The molecular weight excluding hydrogens is 332 g/mol. The van der Waals surface area contributed by atoms with E-state index >= 15 is 0 Å². The van der Waals surface area contributed by atoms with Crippen LogP contribution in [0.1, 0.15) is 5.56 Å². The summed E-state index contributed by atoms with van der Waals surface area (Å²) >= 11 is 5.79. The first kappa shape index (κ1) is 17.8.